The van der Waals surface area contributed by atoms with E-state index in [0.717, 1.165) is 25.7 Å². The van der Waals surface area contributed by atoms with Gasteiger partial charge < -0.3 is 0 Å². The fourth-order valence-corrected chi connectivity index (χ4v) is 24.2. The second-order valence-electron chi connectivity index (χ2n) is 38.6. The number of hydrogen-bond acceptors (Lipinski definition) is 0. The van der Waals surface area contributed by atoms with Crippen LogP contribution in [0.5, 0.6) is 0 Å². The quantitative estimate of drug-likeness (QED) is 0.114. The van der Waals surface area contributed by atoms with Crippen molar-refractivity contribution in [3.8, 4) is 178 Å². The van der Waals surface area contributed by atoms with Crippen LogP contribution in [0.25, 0.3) is 178 Å². The van der Waals surface area contributed by atoms with Crippen LogP contribution < -0.4 is 0 Å². The van der Waals surface area contributed by atoms with Crippen LogP contribution in [0.3, 0.4) is 0 Å². The van der Waals surface area contributed by atoms with E-state index >= 15 is 0 Å². The lowest BCUT2D eigenvalue weighted by molar-refractivity contribution is 1.01. The van der Waals surface area contributed by atoms with Gasteiger partial charge in [-0.1, -0.05) is 443 Å². The Balaban J connectivity index is 0.000000105. The van der Waals surface area contributed by atoms with Crippen LogP contribution in [0, 0.1) is 0 Å². The summed E-state index contributed by atoms with van der Waals surface area (Å²) in [6.07, 6.45) is 4.01. The molecule has 0 N–H and O–H groups in total. The molecule has 0 aromatic heterocycles. The molecule has 650 valence electrons. The Bertz CT molecular complexity index is 8560. The maximum Gasteiger partial charge on any atom is 0.0352 e. The van der Waals surface area contributed by atoms with E-state index in [-0.39, 0.29) is 17.8 Å². The summed E-state index contributed by atoms with van der Waals surface area (Å²) in [5.74, 6) is 0.639. The molecular formula is C139H94. The molecule has 0 heteroatoms. The fraction of sp³-hybridized carbons (Fsp3) is 0.0504. The Kier molecular flexibility index (Phi) is 19.9. The lowest BCUT2D eigenvalue weighted by Crippen LogP contribution is -2.02. The van der Waals surface area contributed by atoms with Gasteiger partial charge in [-0.3, -0.25) is 0 Å². The van der Waals surface area contributed by atoms with Crippen molar-refractivity contribution >= 4 is 0 Å². The van der Waals surface area contributed by atoms with Crippen molar-refractivity contribution in [2.75, 3.05) is 0 Å². The van der Waals surface area contributed by atoms with E-state index < -0.39 is 0 Å². The predicted molar refractivity (Wildman–Crippen MR) is 580 cm³/mol. The van der Waals surface area contributed by atoms with Crippen LogP contribution in [0.4, 0.5) is 0 Å². The highest BCUT2D eigenvalue weighted by atomic mass is 14.4. The third-order valence-electron chi connectivity index (χ3n) is 30.7. The van der Waals surface area contributed by atoms with Gasteiger partial charge in [-0.05, 0) is 359 Å². The first-order valence-electron chi connectivity index (χ1n) is 49.1. The zero-order chi connectivity index (χ0) is 91.5. The van der Waals surface area contributed by atoms with Gasteiger partial charge >= 0.3 is 0 Å². The van der Waals surface area contributed by atoms with Crippen molar-refractivity contribution in [2.24, 2.45) is 0 Å². The van der Waals surface area contributed by atoms with Crippen LogP contribution in [-0.2, 0) is 25.7 Å². The molecule has 0 saturated heterocycles. The minimum atomic E-state index is 0.182. The predicted octanol–water partition coefficient (Wildman–Crippen LogP) is 35.8. The standard InChI is InChI=1S/C50H34.C45H30.C44H30/c1-3-11-33(12-4-1)35-19-21-36(22-20-35)41-28-40(34-13-5-2-6-14-34)29-42(30-41)37-23-25-38(26-24-37)50-46-18-10-9-17-45(46)48-32-47-43(31-49(48)50)27-39-15-7-8-16-44(39)47;1-2-11-28(12-3-1)31-22-32(37-19-10-20-38-35-15-6-5-14-30(35)25-42(37)38)24-34(23-31)45-40-18-9-8-17-39(40)43-27-41-33(26-44(43)45)21-29-13-4-7-16-36(29)41;1-3-11-29(12-4-1)34-24-35(30-13-5-2-6-14-30)26-36(25-34)31-19-21-32(22-20-31)44-40-18-10-9-17-39(40)42-28-41-37(27-43(42)44)23-33-15-7-8-16-38(33)41/h1-26,28-32,50H,27H2;1-20,22-24,26-27,45H,21,25H2;1-22,24-28,44H,23H2. The van der Waals surface area contributed by atoms with Gasteiger partial charge in [-0.15, -0.1) is 0 Å². The fourth-order valence-electron chi connectivity index (χ4n) is 24.2. The van der Waals surface area contributed by atoms with E-state index in [1.165, 1.54) is 273 Å². The van der Waals surface area contributed by atoms with Crippen molar-refractivity contribution in [3.05, 3.63) is 598 Å². The summed E-state index contributed by atoms with van der Waals surface area (Å²) in [6.45, 7) is 0. The van der Waals surface area contributed by atoms with E-state index in [1.54, 1.807) is 0 Å². The van der Waals surface area contributed by atoms with Gasteiger partial charge in [-0.25, -0.2) is 0 Å². The highest BCUT2D eigenvalue weighted by molar-refractivity contribution is 5.95. The smallest absolute Gasteiger partial charge is 0.0352 e. The third-order valence-corrected chi connectivity index (χ3v) is 30.7. The lowest BCUT2D eigenvalue weighted by Gasteiger charge is -2.19. The second kappa shape index (κ2) is 34.0. The molecule has 3 unspecified atom stereocenters. The molecule has 3 atom stereocenters. The van der Waals surface area contributed by atoms with Crippen molar-refractivity contribution in [2.45, 2.75) is 43.4 Å². The lowest BCUT2D eigenvalue weighted by atomic mass is 9.84. The highest BCUT2D eigenvalue weighted by Crippen LogP contribution is 2.58. The Morgan fingerprint density at radius 2 is 0.338 bits per heavy atom. The van der Waals surface area contributed by atoms with Crippen LogP contribution in [0.2, 0.25) is 0 Å². The van der Waals surface area contributed by atoms with Crippen LogP contribution in [-0.4, -0.2) is 0 Å². The van der Waals surface area contributed by atoms with Crippen molar-refractivity contribution in [1.82, 2.24) is 0 Å². The molecule has 0 aliphatic heterocycles. The molecule has 0 fully saturated rings. The van der Waals surface area contributed by atoms with Crippen molar-refractivity contribution in [1.29, 1.82) is 0 Å². The van der Waals surface area contributed by atoms with E-state index in [0.29, 0.717) is 0 Å². The summed E-state index contributed by atoms with van der Waals surface area (Å²) in [6, 6.07) is 187. The molecule has 139 heavy (non-hydrogen) atoms. The SMILES string of the molecule is c1ccc(-c2cc(-c3cccc4c3Cc3ccccc3-4)cc(C3c4ccccc4-c4cc5c(cc43)Cc3ccccc3-5)c2)cc1.c1ccc(-c2cc(-c3ccccc3)cc(-c3ccc(C4c5ccccc5-c5cc6c(cc54)Cc4ccccc4-6)cc3)c2)cc1.c1ccc(-c2ccc(-c3cc(-c4ccccc4)cc(-c4ccc(C5c6ccccc6-c6cc7c(cc65)Cc5ccccc5-7)cc4)c3)cc2)cc1. The highest BCUT2D eigenvalue weighted by Gasteiger charge is 2.38. The van der Waals surface area contributed by atoms with Gasteiger partial charge in [0.05, 0.1) is 0 Å². The Hall–Kier alpha value is -17.2. The zero-order valence-corrected chi connectivity index (χ0v) is 77.0. The Morgan fingerprint density at radius 1 is 0.108 bits per heavy atom. The molecule has 22 aromatic carbocycles. The summed E-state index contributed by atoms with van der Waals surface area (Å²) in [4.78, 5) is 0. The molecule has 0 radical (unpaired) electrons. The maximum atomic E-state index is 2.53. The molecule has 0 amide bonds. The number of hydrogen-bond donors (Lipinski definition) is 0. The molecule has 0 heterocycles. The molecule has 7 aliphatic carbocycles. The van der Waals surface area contributed by atoms with E-state index in [1.807, 2.05) is 0 Å². The topological polar surface area (TPSA) is 0 Å². The summed E-state index contributed by atoms with van der Waals surface area (Å²) in [5, 5.41) is 0. The normalized spacial score (nSPS) is 14.1. The first-order valence-corrected chi connectivity index (χ1v) is 49.1. The van der Waals surface area contributed by atoms with Gasteiger partial charge in [0.25, 0.3) is 0 Å². The molecule has 29 rings (SSSR count). The third kappa shape index (κ3) is 14.4. The van der Waals surface area contributed by atoms with E-state index in [2.05, 4.69) is 504 Å². The number of benzene rings is 22. The molecule has 7 aliphatic rings. The molecule has 0 spiro atoms. The maximum absolute atomic E-state index is 2.53. The molecule has 0 nitrogen and oxygen atoms in total. The average molecular weight is 1760 g/mol. The number of rotatable bonds is 12. The zero-order valence-electron chi connectivity index (χ0n) is 77.0. The molecule has 22 aromatic rings. The van der Waals surface area contributed by atoms with Crippen molar-refractivity contribution in [3.63, 3.8) is 0 Å². The summed E-state index contributed by atoms with van der Waals surface area (Å²) >= 11 is 0. The van der Waals surface area contributed by atoms with Crippen molar-refractivity contribution < 1.29 is 0 Å². The van der Waals surface area contributed by atoms with Gasteiger partial charge in [0.2, 0.25) is 0 Å². The van der Waals surface area contributed by atoms with Crippen LogP contribution in [0.15, 0.2) is 504 Å². The minimum Gasteiger partial charge on any atom is -0.0622 e. The average Bonchev–Trinajstić information content (AvgIpc) is 1.57. The molecule has 0 bridgehead atoms. The summed E-state index contributed by atoms with van der Waals surface area (Å²) in [7, 11) is 0. The largest absolute Gasteiger partial charge is 0.0622 e. The first kappa shape index (κ1) is 81.4. The van der Waals surface area contributed by atoms with Crippen LogP contribution >= 0.6 is 0 Å². The minimum absolute atomic E-state index is 0.182. The summed E-state index contributed by atoms with van der Waals surface area (Å²) < 4.78 is 0. The van der Waals surface area contributed by atoms with Gasteiger partial charge in [0.1, 0.15) is 0 Å². The molecular weight excluding hydrogens is 1670 g/mol. The second-order valence-corrected chi connectivity index (χ2v) is 38.6. The van der Waals surface area contributed by atoms with E-state index in [9.17, 15) is 0 Å². The Morgan fingerprint density at radius 3 is 0.683 bits per heavy atom. The Labute approximate surface area is 813 Å². The number of fused-ring (bicyclic) bond motifs is 21. The van der Waals surface area contributed by atoms with Crippen LogP contribution in [0.1, 0.15) is 112 Å². The molecule has 0 saturated carbocycles. The van der Waals surface area contributed by atoms with Gasteiger partial charge in [0, 0.05) is 17.8 Å². The van der Waals surface area contributed by atoms with E-state index in [4.69, 9.17) is 0 Å². The monoisotopic (exact) mass is 1760 g/mol. The first-order chi connectivity index (χ1) is 68.9. The van der Waals surface area contributed by atoms with Gasteiger partial charge in [-0.2, -0.15) is 0 Å². The summed E-state index contributed by atoms with van der Waals surface area (Å²) in [5.41, 5.74) is 65.8. The van der Waals surface area contributed by atoms with Gasteiger partial charge in [0.15, 0.2) is 0 Å².